The molecule has 1 aliphatic rings. The van der Waals surface area contributed by atoms with Gasteiger partial charge in [-0.25, -0.2) is 4.39 Å². The molecule has 3 N–H and O–H groups in total. The molecule has 0 heterocycles. The highest BCUT2D eigenvalue weighted by molar-refractivity contribution is 5.94. The lowest BCUT2D eigenvalue weighted by molar-refractivity contribution is 0.0906. The van der Waals surface area contributed by atoms with Gasteiger partial charge in [-0.05, 0) is 25.0 Å². The quantitative estimate of drug-likeness (QED) is 0.763. The van der Waals surface area contributed by atoms with Crippen molar-refractivity contribution in [1.29, 1.82) is 0 Å². The summed E-state index contributed by atoms with van der Waals surface area (Å²) in [6, 6.07) is 6.24. The van der Waals surface area contributed by atoms with Gasteiger partial charge in [0.1, 0.15) is 5.82 Å². The Morgan fingerprint density at radius 2 is 2.07 bits per heavy atom. The standard InChI is InChI=1S/C11H13FN2O/c12-10-4-2-1-3-9(10)11(15)14-8-5-7(13)6-8/h1-4,7-8H,5-6,13H2,(H,14,15). The number of halogens is 1. The molecule has 1 saturated carbocycles. The molecular formula is C11H13FN2O. The third kappa shape index (κ3) is 2.15. The van der Waals surface area contributed by atoms with Crippen LogP contribution in [0.3, 0.4) is 0 Å². The number of benzene rings is 1. The predicted octanol–water partition coefficient (Wildman–Crippen LogP) is 1.05. The smallest absolute Gasteiger partial charge is 0.254 e. The fourth-order valence-electron chi connectivity index (χ4n) is 1.69. The van der Waals surface area contributed by atoms with Gasteiger partial charge in [-0.3, -0.25) is 4.79 Å². The fraction of sp³-hybridized carbons (Fsp3) is 0.364. The van der Waals surface area contributed by atoms with E-state index in [0.29, 0.717) is 0 Å². The predicted molar refractivity (Wildman–Crippen MR) is 54.9 cm³/mol. The van der Waals surface area contributed by atoms with Crippen LogP contribution in [0, 0.1) is 5.82 Å². The first kappa shape index (κ1) is 10.1. The Bertz CT molecular complexity index is 375. The van der Waals surface area contributed by atoms with Crippen LogP contribution in [-0.4, -0.2) is 18.0 Å². The first-order chi connectivity index (χ1) is 7.16. The fourth-order valence-corrected chi connectivity index (χ4v) is 1.69. The minimum Gasteiger partial charge on any atom is -0.349 e. The van der Waals surface area contributed by atoms with Crippen LogP contribution in [0.25, 0.3) is 0 Å². The SMILES string of the molecule is NC1CC(NC(=O)c2ccccc2F)C1. The molecule has 1 amide bonds. The minimum absolute atomic E-state index is 0.0953. The summed E-state index contributed by atoms with van der Waals surface area (Å²) in [7, 11) is 0. The lowest BCUT2D eigenvalue weighted by atomic mass is 9.87. The molecular weight excluding hydrogens is 195 g/mol. The van der Waals surface area contributed by atoms with Gasteiger partial charge < -0.3 is 11.1 Å². The van der Waals surface area contributed by atoms with Crippen molar-refractivity contribution in [2.75, 3.05) is 0 Å². The van der Waals surface area contributed by atoms with E-state index in [1.807, 2.05) is 0 Å². The van der Waals surface area contributed by atoms with Crippen LogP contribution in [-0.2, 0) is 0 Å². The van der Waals surface area contributed by atoms with E-state index >= 15 is 0 Å². The minimum atomic E-state index is -0.487. The average Bonchev–Trinajstić information content (AvgIpc) is 2.16. The van der Waals surface area contributed by atoms with Crippen LogP contribution in [0.4, 0.5) is 4.39 Å². The monoisotopic (exact) mass is 208 g/mol. The molecule has 1 aromatic carbocycles. The number of amides is 1. The Morgan fingerprint density at radius 3 is 2.67 bits per heavy atom. The Labute approximate surface area is 87.5 Å². The van der Waals surface area contributed by atoms with Crippen molar-refractivity contribution in [2.45, 2.75) is 24.9 Å². The van der Waals surface area contributed by atoms with Gasteiger partial charge in [0.15, 0.2) is 0 Å². The maximum Gasteiger partial charge on any atom is 0.254 e. The summed E-state index contributed by atoms with van der Waals surface area (Å²) < 4.78 is 13.2. The van der Waals surface area contributed by atoms with Crippen molar-refractivity contribution in [2.24, 2.45) is 5.73 Å². The van der Waals surface area contributed by atoms with Gasteiger partial charge in [0.25, 0.3) is 5.91 Å². The number of carbonyl (C=O) groups excluding carboxylic acids is 1. The first-order valence-electron chi connectivity index (χ1n) is 4.98. The summed E-state index contributed by atoms with van der Waals surface area (Å²) in [4.78, 5) is 11.6. The summed E-state index contributed by atoms with van der Waals surface area (Å²) >= 11 is 0. The zero-order chi connectivity index (χ0) is 10.8. The Kier molecular flexibility index (Phi) is 2.68. The van der Waals surface area contributed by atoms with Crippen molar-refractivity contribution in [3.8, 4) is 0 Å². The normalized spacial score (nSPS) is 24.4. The third-order valence-corrected chi connectivity index (χ3v) is 2.63. The molecule has 3 nitrogen and oxygen atoms in total. The van der Waals surface area contributed by atoms with Crippen molar-refractivity contribution < 1.29 is 9.18 Å². The zero-order valence-corrected chi connectivity index (χ0v) is 8.24. The molecule has 0 radical (unpaired) electrons. The molecule has 0 atom stereocenters. The van der Waals surface area contributed by atoms with Gasteiger partial charge in [-0.1, -0.05) is 12.1 Å². The topological polar surface area (TPSA) is 55.1 Å². The molecule has 0 saturated heterocycles. The second-order valence-electron chi connectivity index (χ2n) is 3.88. The summed E-state index contributed by atoms with van der Waals surface area (Å²) in [6.07, 6.45) is 1.56. The van der Waals surface area contributed by atoms with E-state index in [-0.39, 0.29) is 23.6 Å². The molecule has 1 aliphatic carbocycles. The second kappa shape index (κ2) is 3.98. The Balaban J connectivity index is 1.99. The molecule has 15 heavy (non-hydrogen) atoms. The van der Waals surface area contributed by atoms with Crippen LogP contribution in [0.1, 0.15) is 23.2 Å². The number of carbonyl (C=O) groups is 1. The molecule has 2 rings (SSSR count). The maximum atomic E-state index is 13.2. The molecule has 0 bridgehead atoms. The molecule has 0 spiro atoms. The molecule has 0 aliphatic heterocycles. The van der Waals surface area contributed by atoms with E-state index in [1.165, 1.54) is 12.1 Å². The van der Waals surface area contributed by atoms with Crippen molar-refractivity contribution in [1.82, 2.24) is 5.32 Å². The van der Waals surface area contributed by atoms with E-state index < -0.39 is 5.82 Å². The van der Waals surface area contributed by atoms with Crippen LogP contribution in [0.15, 0.2) is 24.3 Å². The summed E-state index contributed by atoms with van der Waals surface area (Å²) in [6.45, 7) is 0. The lowest BCUT2D eigenvalue weighted by Crippen LogP contribution is -2.50. The van der Waals surface area contributed by atoms with E-state index in [2.05, 4.69) is 5.32 Å². The van der Waals surface area contributed by atoms with Crippen molar-refractivity contribution in [3.05, 3.63) is 35.6 Å². The first-order valence-corrected chi connectivity index (χ1v) is 4.98. The second-order valence-corrected chi connectivity index (χ2v) is 3.88. The lowest BCUT2D eigenvalue weighted by Gasteiger charge is -2.32. The molecule has 0 aromatic heterocycles. The van der Waals surface area contributed by atoms with Gasteiger partial charge in [0.05, 0.1) is 5.56 Å². The maximum absolute atomic E-state index is 13.2. The number of hydrogen-bond donors (Lipinski definition) is 2. The summed E-state index contributed by atoms with van der Waals surface area (Å²) in [5.74, 6) is -0.844. The van der Waals surface area contributed by atoms with Gasteiger partial charge in [0.2, 0.25) is 0 Å². The highest BCUT2D eigenvalue weighted by atomic mass is 19.1. The highest BCUT2D eigenvalue weighted by Crippen LogP contribution is 2.18. The van der Waals surface area contributed by atoms with Gasteiger partial charge in [-0.15, -0.1) is 0 Å². The molecule has 80 valence electrons. The van der Waals surface area contributed by atoms with Crippen LogP contribution < -0.4 is 11.1 Å². The van der Waals surface area contributed by atoms with E-state index in [1.54, 1.807) is 12.1 Å². The highest BCUT2D eigenvalue weighted by Gasteiger charge is 2.27. The average molecular weight is 208 g/mol. The number of hydrogen-bond acceptors (Lipinski definition) is 2. The Hall–Kier alpha value is -1.42. The largest absolute Gasteiger partial charge is 0.349 e. The molecule has 1 aromatic rings. The van der Waals surface area contributed by atoms with Gasteiger partial charge in [-0.2, -0.15) is 0 Å². The van der Waals surface area contributed by atoms with Crippen LogP contribution >= 0.6 is 0 Å². The third-order valence-electron chi connectivity index (χ3n) is 2.63. The number of nitrogens with one attached hydrogen (secondary N) is 1. The molecule has 4 heteroatoms. The van der Waals surface area contributed by atoms with E-state index in [9.17, 15) is 9.18 Å². The van der Waals surface area contributed by atoms with Gasteiger partial charge >= 0.3 is 0 Å². The van der Waals surface area contributed by atoms with Crippen molar-refractivity contribution >= 4 is 5.91 Å². The molecule has 0 unspecified atom stereocenters. The van der Waals surface area contributed by atoms with E-state index in [0.717, 1.165) is 12.8 Å². The number of nitrogens with two attached hydrogens (primary N) is 1. The van der Waals surface area contributed by atoms with Crippen molar-refractivity contribution in [3.63, 3.8) is 0 Å². The van der Waals surface area contributed by atoms with Gasteiger partial charge in [0, 0.05) is 12.1 Å². The van der Waals surface area contributed by atoms with E-state index in [4.69, 9.17) is 5.73 Å². The molecule has 1 fully saturated rings. The van der Waals surface area contributed by atoms with Crippen LogP contribution in [0.2, 0.25) is 0 Å². The number of rotatable bonds is 2. The zero-order valence-electron chi connectivity index (χ0n) is 8.24. The summed E-state index contributed by atoms with van der Waals surface area (Å²) in [5.41, 5.74) is 5.68. The Morgan fingerprint density at radius 1 is 1.40 bits per heavy atom. The summed E-state index contributed by atoms with van der Waals surface area (Å²) in [5, 5.41) is 2.74. The van der Waals surface area contributed by atoms with Crippen LogP contribution in [0.5, 0.6) is 0 Å².